The van der Waals surface area contributed by atoms with Gasteiger partial charge >= 0.3 is 5.97 Å². The summed E-state index contributed by atoms with van der Waals surface area (Å²) in [5.41, 5.74) is -0.220. The highest BCUT2D eigenvalue weighted by atomic mass is 35.5. The Bertz CT molecular complexity index is 827. The molecule has 0 aliphatic rings. The molecule has 0 aliphatic carbocycles. The fraction of sp³-hybridized carbons (Fsp3) is 0.188. The first-order valence-electron chi connectivity index (χ1n) is 6.75. The molecule has 1 atom stereocenters. The summed E-state index contributed by atoms with van der Waals surface area (Å²) in [5.74, 6) is -1.67. The smallest absolute Gasteiger partial charge is 0.375 e. The van der Waals surface area contributed by atoms with Crippen molar-refractivity contribution in [1.82, 2.24) is 5.32 Å². The summed E-state index contributed by atoms with van der Waals surface area (Å²) in [5, 5.41) is 3.13. The summed E-state index contributed by atoms with van der Waals surface area (Å²) < 4.78 is 10.3. The molecule has 0 fully saturated rings. The van der Waals surface area contributed by atoms with Crippen molar-refractivity contribution < 1.29 is 18.7 Å². The SMILES string of the molecule is C=CCNC(=O)[C@@H](C)OC(=O)c1cc(=O)c2cc(Cl)ccc2o1. The molecule has 2 rings (SSSR count). The normalized spacial score (nSPS) is 11.7. The van der Waals surface area contributed by atoms with Gasteiger partial charge < -0.3 is 14.5 Å². The maximum atomic E-state index is 12.0. The third-order valence-electron chi connectivity index (χ3n) is 2.96. The summed E-state index contributed by atoms with van der Waals surface area (Å²) in [6.45, 7) is 5.13. The van der Waals surface area contributed by atoms with Crippen LogP contribution in [-0.4, -0.2) is 24.5 Å². The molecule has 0 unspecified atom stereocenters. The van der Waals surface area contributed by atoms with Crippen LogP contribution >= 0.6 is 11.6 Å². The fourth-order valence-electron chi connectivity index (χ4n) is 1.82. The lowest BCUT2D eigenvalue weighted by atomic mass is 10.2. The molecule has 6 nitrogen and oxygen atoms in total. The molecule has 0 saturated carbocycles. The molecule has 0 aliphatic heterocycles. The van der Waals surface area contributed by atoms with E-state index in [1.54, 1.807) is 0 Å². The van der Waals surface area contributed by atoms with E-state index in [0.717, 1.165) is 6.07 Å². The predicted octanol–water partition coefficient (Wildman–Crippen LogP) is 2.29. The molecule has 0 radical (unpaired) electrons. The monoisotopic (exact) mass is 335 g/mol. The predicted molar refractivity (Wildman–Crippen MR) is 85.6 cm³/mol. The van der Waals surface area contributed by atoms with Gasteiger partial charge in [0.15, 0.2) is 11.5 Å². The Hall–Kier alpha value is -2.60. The fourth-order valence-corrected chi connectivity index (χ4v) is 1.99. The molecule has 23 heavy (non-hydrogen) atoms. The topological polar surface area (TPSA) is 85.6 Å². The van der Waals surface area contributed by atoms with Gasteiger partial charge in [0.1, 0.15) is 5.58 Å². The van der Waals surface area contributed by atoms with Gasteiger partial charge in [-0.1, -0.05) is 17.7 Å². The highest BCUT2D eigenvalue weighted by Crippen LogP contribution is 2.18. The number of esters is 1. The van der Waals surface area contributed by atoms with Gasteiger partial charge in [-0.15, -0.1) is 6.58 Å². The van der Waals surface area contributed by atoms with Gasteiger partial charge in [-0.2, -0.15) is 0 Å². The molecule has 1 heterocycles. The van der Waals surface area contributed by atoms with Crippen molar-refractivity contribution in [2.24, 2.45) is 0 Å². The standard InChI is InChI=1S/C16H14ClNO5/c1-3-6-18-15(20)9(2)22-16(21)14-8-12(19)11-7-10(17)4-5-13(11)23-14/h3-5,7-9H,1,6H2,2H3,(H,18,20)/t9-/m1/s1. The van der Waals surface area contributed by atoms with Gasteiger partial charge in [-0.3, -0.25) is 9.59 Å². The van der Waals surface area contributed by atoms with Crippen LogP contribution in [0.15, 0.2) is 46.1 Å². The molecule has 1 aromatic carbocycles. The molecule has 2 aromatic rings. The number of carbonyl (C=O) groups excluding carboxylic acids is 2. The number of carbonyl (C=O) groups is 2. The third-order valence-corrected chi connectivity index (χ3v) is 3.20. The van der Waals surface area contributed by atoms with Crippen LogP contribution in [0.3, 0.4) is 0 Å². The van der Waals surface area contributed by atoms with Crippen LogP contribution < -0.4 is 10.7 Å². The quantitative estimate of drug-likeness (QED) is 0.669. The maximum absolute atomic E-state index is 12.0. The zero-order valence-electron chi connectivity index (χ0n) is 12.3. The summed E-state index contributed by atoms with van der Waals surface area (Å²) in [7, 11) is 0. The zero-order chi connectivity index (χ0) is 17.0. The molecule has 7 heteroatoms. The molecule has 1 amide bonds. The Morgan fingerprint density at radius 2 is 2.17 bits per heavy atom. The number of rotatable bonds is 5. The van der Waals surface area contributed by atoms with E-state index in [-0.39, 0.29) is 23.3 Å². The second kappa shape index (κ2) is 7.11. The van der Waals surface area contributed by atoms with Gasteiger partial charge in [-0.25, -0.2) is 4.79 Å². The number of benzene rings is 1. The lowest BCUT2D eigenvalue weighted by Crippen LogP contribution is -2.35. The van der Waals surface area contributed by atoms with Gasteiger partial charge in [0.25, 0.3) is 5.91 Å². The van der Waals surface area contributed by atoms with Gasteiger partial charge in [0, 0.05) is 17.6 Å². The molecule has 120 valence electrons. The second-order valence-corrected chi connectivity index (χ2v) is 5.13. The molecule has 0 bridgehead atoms. The Morgan fingerprint density at radius 3 is 2.87 bits per heavy atom. The number of amides is 1. The third kappa shape index (κ3) is 3.98. The molecule has 0 spiro atoms. The minimum absolute atomic E-state index is 0.206. The van der Waals surface area contributed by atoms with E-state index in [4.69, 9.17) is 20.8 Å². The number of hydrogen-bond acceptors (Lipinski definition) is 5. The number of nitrogens with one attached hydrogen (secondary N) is 1. The summed E-state index contributed by atoms with van der Waals surface area (Å²) in [6.07, 6.45) is 0.466. The number of hydrogen-bond donors (Lipinski definition) is 1. The van der Waals surface area contributed by atoms with Crippen LogP contribution in [0.5, 0.6) is 0 Å². The van der Waals surface area contributed by atoms with E-state index >= 15 is 0 Å². The van der Waals surface area contributed by atoms with Crippen LogP contribution in [0, 0.1) is 0 Å². The van der Waals surface area contributed by atoms with Crippen molar-refractivity contribution in [2.45, 2.75) is 13.0 Å². The minimum atomic E-state index is -1.03. The Labute approximate surface area is 136 Å². The lowest BCUT2D eigenvalue weighted by Gasteiger charge is -2.12. The number of fused-ring (bicyclic) bond motifs is 1. The Morgan fingerprint density at radius 1 is 1.43 bits per heavy atom. The first-order chi connectivity index (χ1) is 10.9. The van der Waals surface area contributed by atoms with Gasteiger partial charge in [0.05, 0.1) is 5.39 Å². The average molecular weight is 336 g/mol. The van der Waals surface area contributed by atoms with Gasteiger partial charge in [-0.05, 0) is 25.1 Å². The number of halogens is 1. The van der Waals surface area contributed by atoms with E-state index in [2.05, 4.69) is 11.9 Å². The van der Waals surface area contributed by atoms with Crippen molar-refractivity contribution in [3.05, 3.63) is 57.9 Å². The molecule has 0 saturated heterocycles. The highest BCUT2D eigenvalue weighted by molar-refractivity contribution is 6.31. The van der Waals surface area contributed by atoms with Crippen molar-refractivity contribution in [1.29, 1.82) is 0 Å². The first-order valence-corrected chi connectivity index (χ1v) is 7.13. The maximum Gasteiger partial charge on any atom is 0.375 e. The largest absolute Gasteiger partial charge is 0.449 e. The van der Waals surface area contributed by atoms with Crippen LogP contribution in [0.25, 0.3) is 11.0 Å². The van der Waals surface area contributed by atoms with Gasteiger partial charge in [0.2, 0.25) is 5.76 Å². The van der Waals surface area contributed by atoms with Crippen LogP contribution in [-0.2, 0) is 9.53 Å². The van der Waals surface area contributed by atoms with Crippen molar-refractivity contribution in [3.8, 4) is 0 Å². The Balaban J connectivity index is 2.21. The lowest BCUT2D eigenvalue weighted by molar-refractivity contribution is -0.128. The molecular weight excluding hydrogens is 322 g/mol. The van der Waals surface area contributed by atoms with E-state index < -0.39 is 23.4 Å². The second-order valence-electron chi connectivity index (χ2n) is 4.70. The molecule has 1 N–H and O–H groups in total. The zero-order valence-corrected chi connectivity index (χ0v) is 13.1. The van der Waals surface area contributed by atoms with Crippen molar-refractivity contribution >= 4 is 34.4 Å². The molecular formula is C16H14ClNO5. The van der Waals surface area contributed by atoms with E-state index in [1.165, 1.54) is 31.2 Å². The van der Waals surface area contributed by atoms with E-state index in [0.29, 0.717) is 5.02 Å². The Kier molecular flexibility index (Phi) is 5.18. The van der Waals surface area contributed by atoms with Crippen LogP contribution in [0.4, 0.5) is 0 Å². The summed E-state index contributed by atoms with van der Waals surface area (Å²) in [6, 6.07) is 5.47. The minimum Gasteiger partial charge on any atom is -0.449 e. The van der Waals surface area contributed by atoms with E-state index in [9.17, 15) is 14.4 Å². The van der Waals surface area contributed by atoms with Crippen LogP contribution in [0.1, 0.15) is 17.5 Å². The van der Waals surface area contributed by atoms with Crippen molar-refractivity contribution in [2.75, 3.05) is 6.54 Å². The van der Waals surface area contributed by atoms with Crippen molar-refractivity contribution in [3.63, 3.8) is 0 Å². The number of ether oxygens (including phenoxy) is 1. The first kappa shape index (κ1) is 16.8. The molecule has 1 aromatic heterocycles. The summed E-state index contributed by atoms with van der Waals surface area (Å²) >= 11 is 5.81. The summed E-state index contributed by atoms with van der Waals surface area (Å²) in [4.78, 5) is 35.7. The highest BCUT2D eigenvalue weighted by Gasteiger charge is 2.21. The average Bonchev–Trinajstić information content (AvgIpc) is 2.52. The van der Waals surface area contributed by atoms with E-state index in [1.807, 2.05) is 0 Å². The van der Waals surface area contributed by atoms with Crippen LogP contribution in [0.2, 0.25) is 5.02 Å².